The molecule has 0 atom stereocenters. The van der Waals surface area contributed by atoms with Crippen LogP contribution in [0.3, 0.4) is 0 Å². The van der Waals surface area contributed by atoms with Crippen molar-refractivity contribution in [1.29, 1.82) is 0 Å². The first-order chi connectivity index (χ1) is 6.47. The average Bonchev–Trinajstić information content (AvgIpc) is 2.09. The Hall–Kier alpha value is -0.380. The summed E-state index contributed by atoms with van der Waals surface area (Å²) < 4.78 is 1.13. The van der Waals surface area contributed by atoms with Crippen LogP contribution in [-0.2, 0) is 10.3 Å². The van der Waals surface area contributed by atoms with Crippen molar-refractivity contribution in [1.82, 2.24) is 0 Å². The molecule has 0 bridgehead atoms. The van der Waals surface area contributed by atoms with E-state index in [4.69, 9.17) is 10.7 Å². The number of aryl methyl sites for hydroxylation is 1. The molecule has 3 heteroatoms. The van der Waals surface area contributed by atoms with E-state index in [1.54, 1.807) is 0 Å². The Morgan fingerprint density at radius 1 is 1.43 bits per heavy atom. The van der Waals surface area contributed by atoms with Gasteiger partial charge in [-0.05, 0) is 24.1 Å². The second kappa shape index (κ2) is 4.43. The van der Waals surface area contributed by atoms with Crippen LogP contribution in [0.4, 0.5) is 0 Å². The van der Waals surface area contributed by atoms with Gasteiger partial charge in [0.25, 0.3) is 0 Å². The Morgan fingerprint density at radius 2 is 2.07 bits per heavy atom. The fraction of sp³-hybridized carbons (Fsp3) is 0.455. The van der Waals surface area contributed by atoms with Gasteiger partial charge >= 0.3 is 0 Å². The van der Waals surface area contributed by atoms with Gasteiger partial charge in [0.15, 0.2) is 0 Å². The maximum absolute atomic E-state index is 5.11. The van der Waals surface area contributed by atoms with Gasteiger partial charge in [0.1, 0.15) is 0 Å². The quantitative estimate of drug-likeness (QED) is 0.846. The van der Waals surface area contributed by atoms with Crippen LogP contribution in [0, 0.1) is 6.92 Å². The molecule has 1 aromatic rings. The molecule has 0 saturated heterocycles. The molecule has 0 aliphatic heterocycles. The monoisotopic (exact) mass is 257 g/mol. The van der Waals surface area contributed by atoms with Gasteiger partial charge in [-0.3, -0.25) is 0 Å². The van der Waals surface area contributed by atoms with Gasteiger partial charge in [0, 0.05) is 9.89 Å². The smallest absolute Gasteiger partial charge is 0.0770 e. The zero-order valence-corrected chi connectivity index (χ0v) is 10.4. The van der Waals surface area contributed by atoms with Gasteiger partial charge in [0.2, 0.25) is 0 Å². The average molecular weight is 258 g/mol. The highest BCUT2D eigenvalue weighted by Gasteiger charge is 2.20. The molecule has 0 fully saturated rings. The van der Waals surface area contributed by atoms with Crippen molar-refractivity contribution in [3.05, 3.63) is 33.8 Å². The lowest BCUT2D eigenvalue weighted by Gasteiger charge is -2.24. The number of hydrogen-bond acceptors (Lipinski definition) is 2. The third-order valence-corrected chi connectivity index (χ3v) is 3.27. The Morgan fingerprint density at radius 3 is 2.57 bits per heavy atom. The second-order valence-electron chi connectivity index (χ2n) is 4.16. The molecule has 2 N–H and O–H groups in total. The van der Waals surface area contributed by atoms with Crippen molar-refractivity contribution in [3.63, 3.8) is 0 Å². The Balaban J connectivity index is 3.01. The number of halogens is 1. The minimum absolute atomic E-state index is 0.0415. The molecule has 0 radical (unpaired) electrons. The Bertz CT molecular complexity index is 323. The summed E-state index contributed by atoms with van der Waals surface area (Å²) in [7, 11) is 0. The third kappa shape index (κ3) is 2.56. The summed E-state index contributed by atoms with van der Waals surface area (Å²) in [6, 6.07) is 6.31. The van der Waals surface area contributed by atoms with Gasteiger partial charge in [0.05, 0.1) is 6.61 Å². The molecule has 0 spiro atoms. The molecule has 1 aromatic carbocycles. The van der Waals surface area contributed by atoms with E-state index in [0.29, 0.717) is 6.61 Å². The third-order valence-electron chi connectivity index (χ3n) is 2.38. The molecule has 0 aliphatic carbocycles. The van der Waals surface area contributed by atoms with Crippen LogP contribution in [0.25, 0.3) is 0 Å². The van der Waals surface area contributed by atoms with E-state index in [2.05, 4.69) is 54.9 Å². The van der Waals surface area contributed by atoms with E-state index in [9.17, 15) is 0 Å². The van der Waals surface area contributed by atoms with E-state index in [0.717, 1.165) is 4.47 Å². The predicted molar refractivity (Wildman–Crippen MR) is 62.0 cm³/mol. The van der Waals surface area contributed by atoms with E-state index in [1.807, 2.05) is 0 Å². The normalized spacial score (nSPS) is 11.8. The second-order valence-corrected chi connectivity index (χ2v) is 5.01. The molecule has 14 heavy (non-hydrogen) atoms. The van der Waals surface area contributed by atoms with Crippen LogP contribution < -0.4 is 5.90 Å². The summed E-state index contributed by atoms with van der Waals surface area (Å²) in [6.45, 7) is 6.83. The van der Waals surface area contributed by atoms with Crippen LogP contribution in [-0.4, -0.2) is 6.61 Å². The zero-order chi connectivity index (χ0) is 10.8. The van der Waals surface area contributed by atoms with E-state index in [-0.39, 0.29) is 5.41 Å². The van der Waals surface area contributed by atoms with Crippen molar-refractivity contribution in [2.75, 3.05) is 6.61 Å². The maximum atomic E-state index is 5.11. The van der Waals surface area contributed by atoms with Crippen molar-refractivity contribution in [2.45, 2.75) is 26.2 Å². The first-order valence-electron chi connectivity index (χ1n) is 4.55. The first-order valence-corrected chi connectivity index (χ1v) is 5.35. The van der Waals surface area contributed by atoms with Crippen LogP contribution in [0.15, 0.2) is 22.7 Å². The van der Waals surface area contributed by atoms with Gasteiger partial charge < -0.3 is 4.84 Å². The van der Waals surface area contributed by atoms with Gasteiger partial charge in [-0.25, -0.2) is 5.90 Å². The Kier molecular flexibility index (Phi) is 3.70. The fourth-order valence-corrected chi connectivity index (χ4v) is 1.60. The molecule has 0 aliphatic rings. The molecule has 0 heterocycles. The first kappa shape index (κ1) is 11.7. The summed E-state index contributed by atoms with van der Waals surface area (Å²) in [4.78, 5) is 4.72. The summed E-state index contributed by atoms with van der Waals surface area (Å²) in [6.07, 6.45) is 0. The SMILES string of the molecule is Cc1cc(C(C)(C)CON)ccc1Br. The fourth-order valence-electron chi connectivity index (χ4n) is 1.36. The van der Waals surface area contributed by atoms with Gasteiger partial charge in [-0.2, -0.15) is 0 Å². The number of nitrogens with two attached hydrogens (primary N) is 1. The lowest BCUT2D eigenvalue weighted by atomic mass is 9.85. The maximum Gasteiger partial charge on any atom is 0.0770 e. The predicted octanol–water partition coefficient (Wildman–Crippen LogP) is 2.93. The Labute approximate surface area is 93.5 Å². The summed E-state index contributed by atoms with van der Waals surface area (Å²) in [5.74, 6) is 5.11. The molecule has 0 saturated carbocycles. The number of rotatable bonds is 3. The van der Waals surface area contributed by atoms with Crippen LogP contribution in [0.2, 0.25) is 0 Å². The minimum atomic E-state index is -0.0415. The number of hydrogen-bond donors (Lipinski definition) is 1. The largest absolute Gasteiger partial charge is 0.304 e. The van der Waals surface area contributed by atoms with E-state index in [1.165, 1.54) is 11.1 Å². The van der Waals surface area contributed by atoms with Crippen molar-refractivity contribution < 1.29 is 4.84 Å². The molecule has 2 nitrogen and oxygen atoms in total. The summed E-state index contributed by atoms with van der Waals surface area (Å²) in [5, 5.41) is 0. The molecule has 0 aromatic heterocycles. The van der Waals surface area contributed by atoms with E-state index >= 15 is 0 Å². The van der Waals surface area contributed by atoms with Crippen LogP contribution in [0.5, 0.6) is 0 Å². The molecule has 0 unspecified atom stereocenters. The topological polar surface area (TPSA) is 35.2 Å². The highest BCUT2D eigenvalue weighted by atomic mass is 79.9. The molecule has 78 valence electrons. The molecule has 0 amide bonds. The van der Waals surface area contributed by atoms with Crippen LogP contribution in [0.1, 0.15) is 25.0 Å². The lowest BCUT2D eigenvalue weighted by Crippen LogP contribution is -2.26. The number of benzene rings is 1. The summed E-state index contributed by atoms with van der Waals surface area (Å²) >= 11 is 3.48. The van der Waals surface area contributed by atoms with Crippen molar-refractivity contribution in [3.8, 4) is 0 Å². The molecular formula is C11H16BrNO. The zero-order valence-electron chi connectivity index (χ0n) is 8.80. The lowest BCUT2D eigenvalue weighted by molar-refractivity contribution is 0.0964. The minimum Gasteiger partial charge on any atom is -0.304 e. The van der Waals surface area contributed by atoms with Gasteiger partial charge in [-0.15, -0.1) is 0 Å². The van der Waals surface area contributed by atoms with Crippen LogP contribution >= 0.6 is 15.9 Å². The summed E-state index contributed by atoms with van der Waals surface area (Å²) in [5.41, 5.74) is 2.43. The molecule has 1 rings (SSSR count). The highest BCUT2D eigenvalue weighted by Crippen LogP contribution is 2.27. The standard InChI is InChI=1S/C11H16BrNO/c1-8-6-9(4-5-10(8)12)11(2,3)7-14-13/h4-6H,7,13H2,1-3H3. The van der Waals surface area contributed by atoms with Crippen molar-refractivity contribution in [2.24, 2.45) is 5.90 Å². The van der Waals surface area contributed by atoms with Crippen molar-refractivity contribution >= 4 is 15.9 Å². The van der Waals surface area contributed by atoms with Gasteiger partial charge in [-0.1, -0.05) is 41.9 Å². The van der Waals surface area contributed by atoms with E-state index < -0.39 is 0 Å². The highest BCUT2D eigenvalue weighted by molar-refractivity contribution is 9.10. The molecular weight excluding hydrogens is 242 g/mol.